The number of anilines is 2. The molecule has 2 rings (SSSR count). The highest BCUT2D eigenvalue weighted by atomic mass is 16.5. The van der Waals surface area contributed by atoms with Gasteiger partial charge in [0.05, 0.1) is 13.7 Å². The first-order valence-corrected chi connectivity index (χ1v) is 6.46. The zero-order chi connectivity index (χ0) is 15.2. The molecule has 0 fully saturated rings. The van der Waals surface area contributed by atoms with E-state index in [9.17, 15) is 4.79 Å². The van der Waals surface area contributed by atoms with Crippen LogP contribution in [0, 0.1) is 0 Å². The van der Waals surface area contributed by atoms with Crippen LogP contribution in [-0.4, -0.2) is 24.5 Å². The minimum atomic E-state index is -0.408. The zero-order valence-electron chi connectivity index (χ0n) is 11.8. The molecule has 1 aromatic heterocycles. The van der Waals surface area contributed by atoms with Gasteiger partial charge in [0.1, 0.15) is 0 Å². The van der Waals surface area contributed by atoms with Crippen molar-refractivity contribution < 1.29 is 9.53 Å². The molecule has 0 unspecified atom stereocenters. The lowest BCUT2D eigenvalue weighted by Crippen LogP contribution is -2.33. The van der Waals surface area contributed by atoms with Gasteiger partial charge in [-0.1, -0.05) is 12.1 Å². The van der Waals surface area contributed by atoms with Crippen LogP contribution < -0.4 is 21.1 Å². The van der Waals surface area contributed by atoms with Gasteiger partial charge < -0.3 is 21.1 Å². The predicted molar refractivity (Wildman–Crippen MR) is 81.9 cm³/mol. The van der Waals surface area contributed by atoms with Gasteiger partial charge in [-0.2, -0.15) is 0 Å². The number of nitrogen functional groups attached to an aromatic ring is 1. The summed E-state index contributed by atoms with van der Waals surface area (Å²) in [7, 11) is 1.54. The number of aromatic nitrogens is 1. The maximum atomic E-state index is 11.3. The third-order valence-electron chi connectivity index (χ3n) is 2.96. The molecule has 0 aliphatic heterocycles. The second-order valence-electron chi connectivity index (χ2n) is 4.62. The quantitative estimate of drug-likeness (QED) is 0.777. The van der Waals surface area contributed by atoms with Gasteiger partial charge in [0.2, 0.25) is 11.8 Å². The molecule has 0 aliphatic rings. The van der Waals surface area contributed by atoms with E-state index in [4.69, 9.17) is 16.2 Å². The Kier molecular flexibility index (Phi) is 4.61. The lowest BCUT2D eigenvalue weighted by atomic mass is 10.2. The Bertz CT molecular complexity index is 631. The summed E-state index contributed by atoms with van der Waals surface area (Å²) in [6.45, 7) is 0.614. The second kappa shape index (κ2) is 6.60. The van der Waals surface area contributed by atoms with E-state index in [0.29, 0.717) is 18.1 Å². The molecule has 4 N–H and O–H groups in total. The van der Waals surface area contributed by atoms with Crippen molar-refractivity contribution in [1.82, 2.24) is 4.98 Å². The van der Waals surface area contributed by atoms with E-state index in [1.807, 2.05) is 29.2 Å². The molecule has 2 aromatic rings. The number of primary amides is 1. The summed E-state index contributed by atoms with van der Waals surface area (Å²) in [5, 5.41) is 0. The fraction of sp³-hybridized carbons (Fsp3) is 0.200. The fourth-order valence-corrected chi connectivity index (χ4v) is 2.05. The summed E-state index contributed by atoms with van der Waals surface area (Å²) in [5.41, 5.74) is 13.6. The van der Waals surface area contributed by atoms with Crippen LogP contribution in [0.1, 0.15) is 5.56 Å². The highest BCUT2D eigenvalue weighted by molar-refractivity contribution is 5.79. The van der Waals surface area contributed by atoms with E-state index in [2.05, 4.69) is 4.98 Å². The first kappa shape index (κ1) is 14.6. The summed E-state index contributed by atoms with van der Waals surface area (Å²) < 4.78 is 5.11. The highest BCUT2D eigenvalue weighted by Gasteiger charge is 2.11. The highest BCUT2D eigenvalue weighted by Crippen LogP contribution is 2.21. The monoisotopic (exact) mass is 286 g/mol. The number of benzene rings is 1. The van der Waals surface area contributed by atoms with Crippen molar-refractivity contribution in [2.45, 2.75) is 6.54 Å². The van der Waals surface area contributed by atoms with Gasteiger partial charge in [-0.25, -0.2) is 4.98 Å². The standard InChI is InChI=1S/C15H18N4O2/c1-21-15-8-13(5-6-18-15)19(10-14(17)20)9-11-3-2-4-12(16)7-11/h2-8H,9-10,16H2,1H3,(H2,17,20). The van der Waals surface area contributed by atoms with Gasteiger partial charge in [-0.05, 0) is 23.8 Å². The summed E-state index contributed by atoms with van der Waals surface area (Å²) in [5.74, 6) is 0.0734. The van der Waals surface area contributed by atoms with Crippen LogP contribution in [0.4, 0.5) is 11.4 Å². The number of hydrogen-bond donors (Lipinski definition) is 2. The Labute approximate surface area is 123 Å². The molecule has 21 heavy (non-hydrogen) atoms. The number of nitrogens with two attached hydrogens (primary N) is 2. The molecular weight excluding hydrogens is 268 g/mol. The van der Waals surface area contributed by atoms with E-state index in [1.54, 1.807) is 25.4 Å². The van der Waals surface area contributed by atoms with Gasteiger partial charge in [0.25, 0.3) is 0 Å². The summed E-state index contributed by atoms with van der Waals surface area (Å²) >= 11 is 0. The molecule has 0 aliphatic carbocycles. The number of carbonyl (C=O) groups excluding carboxylic acids is 1. The number of hydrogen-bond acceptors (Lipinski definition) is 5. The molecule has 1 heterocycles. The number of pyridine rings is 1. The molecule has 0 saturated heterocycles. The van der Waals surface area contributed by atoms with E-state index in [1.165, 1.54) is 0 Å². The molecule has 0 saturated carbocycles. The third kappa shape index (κ3) is 4.10. The average Bonchev–Trinajstić information content (AvgIpc) is 2.46. The van der Waals surface area contributed by atoms with E-state index in [0.717, 1.165) is 11.3 Å². The Balaban J connectivity index is 2.27. The molecule has 0 spiro atoms. The molecule has 0 radical (unpaired) electrons. The maximum Gasteiger partial charge on any atom is 0.236 e. The average molecular weight is 286 g/mol. The Morgan fingerprint density at radius 2 is 2.14 bits per heavy atom. The van der Waals surface area contributed by atoms with E-state index in [-0.39, 0.29) is 6.54 Å². The van der Waals surface area contributed by atoms with Crippen LogP contribution >= 0.6 is 0 Å². The number of nitrogens with zero attached hydrogens (tertiary/aromatic N) is 2. The number of carbonyl (C=O) groups is 1. The zero-order valence-corrected chi connectivity index (χ0v) is 11.8. The van der Waals surface area contributed by atoms with Crippen molar-refractivity contribution in [1.29, 1.82) is 0 Å². The number of methoxy groups -OCH3 is 1. The number of ether oxygens (including phenoxy) is 1. The molecular formula is C15H18N4O2. The summed E-state index contributed by atoms with van der Waals surface area (Å²) in [4.78, 5) is 17.2. The smallest absolute Gasteiger partial charge is 0.236 e. The molecule has 1 aromatic carbocycles. The first-order valence-electron chi connectivity index (χ1n) is 6.46. The summed E-state index contributed by atoms with van der Waals surface area (Å²) in [6.07, 6.45) is 1.63. The second-order valence-corrected chi connectivity index (χ2v) is 4.62. The van der Waals surface area contributed by atoms with Crippen LogP contribution in [0.25, 0.3) is 0 Å². The first-order chi connectivity index (χ1) is 10.1. The van der Waals surface area contributed by atoms with Crippen LogP contribution in [0.2, 0.25) is 0 Å². The Morgan fingerprint density at radius 1 is 1.33 bits per heavy atom. The lowest BCUT2D eigenvalue weighted by molar-refractivity contribution is -0.116. The SMILES string of the molecule is COc1cc(N(CC(N)=O)Cc2cccc(N)c2)ccn1. The van der Waals surface area contributed by atoms with Crippen LogP contribution in [0.15, 0.2) is 42.6 Å². The Morgan fingerprint density at radius 3 is 2.81 bits per heavy atom. The number of rotatable bonds is 6. The van der Waals surface area contributed by atoms with Gasteiger partial charge in [0, 0.05) is 30.2 Å². The topological polar surface area (TPSA) is 94.5 Å². The van der Waals surface area contributed by atoms with E-state index >= 15 is 0 Å². The van der Waals surface area contributed by atoms with E-state index < -0.39 is 5.91 Å². The molecule has 0 bridgehead atoms. The van der Waals surface area contributed by atoms with Crippen molar-refractivity contribution >= 4 is 17.3 Å². The van der Waals surface area contributed by atoms with Crippen molar-refractivity contribution in [2.75, 3.05) is 24.3 Å². The normalized spacial score (nSPS) is 10.1. The van der Waals surface area contributed by atoms with Crippen LogP contribution in [0.3, 0.4) is 0 Å². The third-order valence-corrected chi connectivity index (χ3v) is 2.96. The van der Waals surface area contributed by atoms with Crippen molar-refractivity contribution in [3.05, 3.63) is 48.2 Å². The largest absolute Gasteiger partial charge is 0.481 e. The fourth-order valence-electron chi connectivity index (χ4n) is 2.05. The molecule has 6 nitrogen and oxygen atoms in total. The van der Waals surface area contributed by atoms with Gasteiger partial charge in [-0.15, -0.1) is 0 Å². The minimum absolute atomic E-state index is 0.0992. The van der Waals surface area contributed by atoms with Crippen molar-refractivity contribution in [3.8, 4) is 5.88 Å². The molecule has 0 atom stereocenters. The van der Waals surface area contributed by atoms with Crippen molar-refractivity contribution in [2.24, 2.45) is 5.73 Å². The van der Waals surface area contributed by atoms with Crippen LogP contribution in [0.5, 0.6) is 5.88 Å². The molecule has 6 heteroatoms. The Hall–Kier alpha value is -2.76. The van der Waals surface area contributed by atoms with Gasteiger partial charge in [0.15, 0.2) is 0 Å². The lowest BCUT2D eigenvalue weighted by Gasteiger charge is -2.23. The molecule has 110 valence electrons. The maximum absolute atomic E-state index is 11.3. The van der Waals surface area contributed by atoms with Crippen molar-refractivity contribution in [3.63, 3.8) is 0 Å². The predicted octanol–water partition coefficient (Wildman–Crippen LogP) is 1.16. The summed E-state index contributed by atoms with van der Waals surface area (Å²) in [6, 6.07) is 11.1. The molecule has 1 amide bonds. The van der Waals surface area contributed by atoms with Crippen LogP contribution in [-0.2, 0) is 11.3 Å². The minimum Gasteiger partial charge on any atom is -0.481 e. The number of amides is 1. The van der Waals surface area contributed by atoms with Gasteiger partial charge in [-0.3, -0.25) is 4.79 Å². The van der Waals surface area contributed by atoms with Gasteiger partial charge >= 0.3 is 0 Å².